The first kappa shape index (κ1) is 12.6. The van der Waals surface area contributed by atoms with E-state index in [0.29, 0.717) is 0 Å². The Balaban J connectivity index is 1.83. The third kappa shape index (κ3) is 3.55. The maximum atomic E-state index is 3.43. The number of nitrogens with zero attached hydrogens (tertiary/aromatic N) is 1. The predicted molar refractivity (Wildman–Crippen MR) is 73.4 cm³/mol. The molecule has 1 aliphatic rings. The fourth-order valence-corrected chi connectivity index (χ4v) is 2.62. The molecule has 0 unspecified atom stereocenters. The monoisotopic (exact) mass is 232 g/mol. The first-order valence-electron chi connectivity index (χ1n) is 6.73. The van der Waals surface area contributed by atoms with Gasteiger partial charge in [0.1, 0.15) is 0 Å². The van der Waals surface area contributed by atoms with E-state index in [1.54, 1.807) is 0 Å². The van der Waals surface area contributed by atoms with Gasteiger partial charge in [0.2, 0.25) is 0 Å². The molecule has 0 saturated carbocycles. The molecule has 1 aromatic rings. The molecule has 17 heavy (non-hydrogen) atoms. The van der Waals surface area contributed by atoms with Crippen molar-refractivity contribution in [2.45, 2.75) is 32.2 Å². The van der Waals surface area contributed by atoms with Gasteiger partial charge in [0, 0.05) is 12.6 Å². The van der Waals surface area contributed by atoms with Crippen molar-refractivity contribution >= 4 is 0 Å². The van der Waals surface area contributed by atoms with Crippen LogP contribution in [-0.4, -0.2) is 37.6 Å². The van der Waals surface area contributed by atoms with Gasteiger partial charge < -0.3 is 10.2 Å². The molecule has 0 aromatic heterocycles. The molecule has 1 heterocycles. The van der Waals surface area contributed by atoms with Gasteiger partial charge in [-0.1, -0.05) is 24.3 Å². The Morgan fingerprint density at radius 1 is 1.24 bits per heavy atom. The van der Waals surface area contributed by atoms with Gasteiger partial charge in [-0.2, -0.15) is 0 Å². The summed E-state index contributed by atoms with van der Waals surface area (Å²) in [7, 11) is 2.27. The molecule has 0 radical (unpaired) electrons. The van der Waals surface area contributed by atoms with E-state index in [9.17, 15) is 0 Å². The number of aryl methyl sites for hydroxylation is 1. The SMILES string of the molecule is Cc1ccccc1CCN(C)C1CCNCC1. The van der Waals surface area contributed by atoms with E-state index in [0.717, 1.165) is 6.04 Å². The number of hydrogen-bond acceptors (Lipinski definition) is 2. The highest BCUT2D eigenvalue weighted by Gasteiger charge is 2.17. The molecule has 2 nitrogen and oxygen atoms in total. The summed E-state index contributed by atoms with van der Waals surface area (Å²) in [5, 5.41) is 3.43. The van der Waals surface area contributed by atoms with Crippen LogP contribution in [0.4, 0.5) is 0 Å². The maximum absolute atomic E-state index is 3.43. The minimum atomic E-state index is 0.778. The van der Waals surface area contributed by atoms with Gasteiger partial charge >= 0.3 is 0 Å². The molecule has 1 saturated heterocycles. The van der Waals surface area contributed by atoms with Crippen LogP contribution < -0.4 is 5.32 Å². The molecule has 0 bridgehead atoms. The second kappa shape index (κ2) is 6.18. The third-order valence-electron chi connectivity index (χ3n) is 3.93. The summed E-state index contributed by atoms with van der Waals surface area (Å²) >= 11 is 0. The van der Waals surface area contributed by atoms with Crippen LogP contribution in [0.1, 0.15) is 24.0 Å². The molecule has 1 aromatic carbocycles. The largest absolute Gasteiger partial charge is 0.317 e. The zero-order valence-corrected chi connectivity index (χ0v) is 11.1. The molecule has 1 N–H and O–H groups in total. The summed E-state index contributed by atoms with van der Waals surface area (Å²) in [6.45, 7) is 5.74. The lowest BCUT2D eigenvalue weighted by atomic mass is 10.0. The Morgan fingerprint density at radius 2 is 1.94 bits per heavy atom. The Labute approximate surface area is 105 Å². The summed E-state index contributed by atoms with van der Waals surface area (Å²) in [6.07, 6.45) is 3.77. The molecular weight excluding hydrogens is 208 g/mol. The Kier molecular flexibility index (Phi) is 4.57. The van der Waals surface area contributed by atoms with E-state index in [4.69, 9.17) is 0 Å². The molecule has 2 heteroatoms. The Morgan fingerprint density at radius 3 is 2.65 bits per heavy atom. The lowest BCUT2D eigenvalue weighted by Crippen LogP contribution is -2.41. The van der Waals surface area contributed by atoms with E-state index in [-0.39, 0.29) is 0 Å². The van der Waals surface area contributed by atoms with Crippen molar-refractivity contribution in [1.29, 1.82) is 0 Å². The molecular formula is C15H24N2. The number of benzene rings is 1. The molecule has 0 amide bonds. The number of nitrogens with one attached hydrogen (secondary N) is 1. The summed E-state index contributed by atoms with van der Waals surface area (Å²) in [6, 6.07) is 9.51. The molecule has 1 aliphatic heterocycles. The summed E-state index contributed by atoms with van der Waals surface area (Å²) in [5.41, 5.74) is 2.92. The topological polar surface area (TPSA) is 15.3 Å². The van der Waals surface area contributed by atoms with Crippen LogP contribution in [0, 0.1) is 6.92 Å². The van der Waals surface area contributed by atoms with Crippen LogP contribution in [-0.2, 0) is 6.42 Å². The number of piperidine rings is 1. The minimum Gasteiger partial charge on any atom is -0.317 e. The van der Waals surface area contributed by atoms with Crippen molar-refractivity contribution in [1.82, 2.24) is 10.2 Å². The zero-order valence-electron chi connectivity index (χ0n) is 11.1. The van der Waals surface area contributed by atoms with E-state index >= 15 is 0 Å². The van der Waals surface area contributed by atoms with Gasteiger partial charge in [-0.15, -0.1) is 0 Å². The summed E-state index contributed by atoms with van der Waals surface area (Å²) in [5.74, 6) is 0. The molecule has 94 valence electrons. The van der Waals surface area contributed by atoms with Gasteiger partial charge in [0.15, 0.2) is 0 Å². The average molecular weight is 232 g/mol. The van der Waals surface area contributed by atoms with E-state index < -0.39 is 0 Å². The van der Waals surface area contributed by atoms with Crippen molar-refractivity contribution in [3.05, 3.63) is 35.4 Å². The summed E-state index contributed by atoms with van der Waals surface area (Å²) in [4.78, 5) is 2.54. The van der Waals surface area contributed by atoms with E-state index in [1.165, 1.54) is 50.0 Å². The van der Waals surface area contributed by atoms with Crippen LogP contribution in [0.25, 0.3) is 0 Å². The number of likely N-dealkylation sites (N-methyl/N-ethyl adjacent to an activating group) is 1. The van der Waals surface area contributed by atoms with Crippen molar-refractivity contribution in [2.24, 2.45) is 0 Å². The molecule has 0 spiro atoms. The normalized spacial score (nSPS) is 17.6. The average Bonchev–Trinajstić information content (AvgIpc) is 2.38. The lowest BCUT2D eigenvalue weighted by Gasteiger charge is -2.31. The van der Waals surface area contributed by atoms with Crippen LogP contribution in [0.15, 0.2) is 24.3 Å². The predicted octanol–water partition coefficient (Wildman–Crippen LogP) is 2.22. The fourth-order valence-electron chi connectivity index (χ4n) is 2.62. The smallest absolute Gasteiger partial charge is 0.0116 e. The second-order valence-corrected chi connectivity index (χ2v) is 5.14. The van der Waals surface area contributed by atoms with Crippen molar-refractivity contribution < 1.29 is 0 Å². The maximum Gasteiger partial charge on any atom is 0.0116 e. The lowest BCUT2D eigenvalue weighted by molar-refractivity contribution is 0.201. The molecule has 1 fully saturated rings. The standard InChI is InChI=1S/C15H24N2/c1-13-5-3-4-6-14(13)9-12-17(2)15-7-10-16-11-8-15/h3-6,15-16H,7-12H2,1-2H3. The van der Waals surface area contributed by atoms with Gasteiger partial charge in [0.25, 0.3) is 0 Å². The first-order chi connectivity index (χ1) is 8.27. The highest BCUT2D eigenvalue weighted by molar-refractivity contribution is 5.25. The third-order valence-corrected chi connectivity index (χ3v) is 3.93. The van der Waals surface area contributed by atoms with Crippen molar-refractivity contribution in [2.75, 3.05) is 26.7 Å². The number of hydrogen-bond donors (Lipinski definition) is 1. The highest BCUT2D eigenvalue weighted by atomic mass is 15.1. The fraction of sp³-hybridized carbons (Fsp3) is 0.600. The van der Waals surface area contributed by atoms with Crippen molar-refractivity contribution in [3.63, 3.8) is 0 Å². The van der Waals surface area contributed by atoms with Gasteiger partial charge in [-0.3, -0.25) is 0 Å². The minimum absolute atomic E-state index is 0.778. The Bertz CT molecular complexity index is 343. The van der Waals surface area contributed by atoms with Crippen LogP contribution in [0.3, 0.4) is 0 Å². The van der Waals surface area contributed by atoms with Gasteiger partial charge in [-0.25, -0.2) is 0 Å². The molecule has 2 rings (SSSR count). The van der Waals surface area contributed by atoms with Crippen LogP contribution >= 0.6 is 0 Å². The second-order valence-electron chi connectivity index (χ2n) is 5.14. The van der Waals surface area contributed by atoms with Crippen LogP contribution in [0.5, 0.6) is 0 Å². The first-order valence-corrected chi connectivity index (χ1v) is 6.73. The quantitative estimate of drug-likeness (QED) is 0.856. The van der Waals surface area contributed by atoms with Gasteiger partial charge in [-0.05, 0) is 57.5 Å². The summed E-state index contributed by atoms with van der Waals surface area (Å²) < 4.78 is 0. The number of rotatable bonds is 4. The van der Waals surface area contributed by atoms with Crippen molar-refractivity contribution in [3.8, 4) is 0 Å². The van der Waals surface area contributed by atoms with E-state index in [2.05, 4.69) is 48.5 Å². The Hall–Kier alpha value is -0.860. The zero-order chi connectivity index (χ0) is 12.1. The van der Waals surface area contributed by atoms with Gasteiger partial charge in [0.05, 0.1) is 0 Å². The molecule has 0 atom stereocenters. The van der Waals surface area contributed by atoms with Crippen LogP contribution in [0.2, 0.25) is 0 Å². The van der Waals surface area contributed by atoms with E-state index in [1.807, 2.05) is 0 Å². The highest BCUT2D eigenvalue weighted by Crippen LogP contribution is 2.12. The molecule has 0 aliphatic carbocycles.